The Morgan fingerprint density at radius 1 is 1.62 bits per heavy atom. The maximum Gasteiger partial charge on any atom is 0.173 e. The molecule has 0 radical (unpaired) electrons. The first-order valence-electron chi connectivity index (χ1n) is 4.90. The minimum Gasteiger partial charge on any atom is -0.293 e. The third-order valence-electron chi connectivity index (χ3n) is 2.24. The molecular weight excluding hydrogens is 288 g/mol. The molecule has 0 spiro atoms. The third-order valence-corrected chi connectivity index (χ3v) is 3.97. The average Bonchev–Trinajstić information content (AvgIpc) is 2.84. The van der Waals surface area contributed by atoms with Gasteiger partial charge in [-0.3, -0.25) is 9.48 Å². The van der Waals surface area contributed by atoms with Gasteiger partial charge in [0.25, 0.3) is 0 Å². The number of Topliss-reactive ketones (excluding diaryl/α,β-unsaturated/α-hetero) is 1. The first-order valence-corrected chi connectivity index (χ1v) is 6.57. The van der Waals surface area contributed by atoms with Crippen molar-refractivity contribution in [3.63, 3.8) is 0 Å². The molecule has 5 heteroatoms. The van der Waals surface area contributed by atoms with Crippen molar-refractivity contribution in [2.24, 2.45) is 7.05 Å². The topological polar surface area (TPSA) is 34.9 Å². The summed E-state index contributed by atoms with van der Waals surface area (Å²) in [7, 11) is 1.88. The molecular formula is C11H11BrN2OS. The van der Waals surface area contributed by atoms with Crippen LogP contribution in [-0.4, -0.2) is 15.6 Å². The molecule has 84 valence electrons. The van der Waals surface area contributed by atoms with E-state index in [0.717, 1.165) is 21.3 Å². The van der Waals surface area contributed by atoms with Gasteiger partial charge in [-0.1, -0.05) is 0 Å². The van der Waals surface area contributed by atoms with Gasteiger partial charge >= 0.3 is 0 Å². The molecule has 2 aromatic heterocycles. The molecule has 16 heavy (non-hydrogen) atoms. The minimum absolute atomic E-state index is 0.194. The number of halogens is 1. The molecule has 0 saturated carbocycles. The molecule has 0 aromatic carbocycles. The summed E-state index contributed by atoms with van der Waals surface area (Å²) < 4.78 is 2.73. The van der Waals surface area contributed by atoms with Gasteiger partial charge in [0.1, 0.15) is 0 Å². The van der Waals surface area contributed by atoms with E-state index in [4.69, 9.17) is 0 Å². The Bertz CT molecular complexity index is 504. The lowest BCUT2D eigenvalue weighted by atomic mass is 10.1. The number of hydrogen-bond acceptors (Lipinski definition) is 3. The summed E-state index contributed by atoms with van der Waals surface area (Å²) in [6.45, 7) is 0. The highest BCUT2D eigenvalue weighted by molar-refractivity contribution is 9.10. The number of ketones is 1. The SMILES string of the molecule is Cn1cc(CCC(=O)c2cc(Br)cs2)cn1. The van der Waals surface area contributed by atoms with Crippen LogP contribution in [-0.2, 0) is 13.5 Å². The summed E-state index contributed by atoms with van der Waals surface area (Å²) in [6, 6.07) is 1.87. The summed E-state index contributed by atoms with van der Waals surface area (Å²) in [5.41, 5.74) is 1.10. The van der Waals surface area contributed by atoms with Crippen LogP contribution in [0.25, 0.3) is 0 Å². The molecule has 2 rings (SSSR count). The smallest absolute Gasteiger partial charge is 0.173 e. The van der Waals surface area contributed by atoms with Gasteiger partial charge in [-0.15, -0.1) is 11.3 Å². The second-order valence-corrected chi connectivity index (χ2v) is 5.40. The number of hydrogen-bond donors (Lipinski definition) is 0. The van der Waals surface area contributed by atoms with Crippen molar-refractivity contribution in [3.05, 3.63) is 38.8 Å². The lowest BCUT2D eigenvalue weighted by Gasteiger charge is -1.95. The predicted molar refractivity (Wildman–Crippen MR) is 67.9 cm³/mol. The normalized spacial score (nSPS) is 10.6. The molecule has 2 aromatic rings. The van der Waals surface area contributed by atoms with E-state index in [1.54, 1.807) is 10.9 Å². The number of carbonyl (C=O) groups is 1. The van der Waals surface area contributed by atoms with Crippen molar-refractivity contribution >= 4 is 33.0 Å². The van der Waals surface area contributed by atoms with Gasteiger partial charge in [0.15, 0.2) is 5.78 Å². The van der Waals surface area contributed by atoms with Crippen LogP contribution in [0, 0.1) is 0 Å². The number of carbonyl (C=O) groups excluding carboxylic acids is 1. The zero-order valence-corrected chi connectivity index (χ0v) is 11.2. The second kappa shape index (κ2) is 4.93. The maximum atomic E-state index is 11.8. The molecule has 0 N–H and O–H groups in total. The lowest BCUT2D eigenvalue weighted by Crippen LogP contribution is -1.98. The fraction of sp³-hybridized carbons (Fsp3) is 0.273. The van der Waals surface area contributed by atoms with Crippen LogP contribution in [0.4, 0.5) is 0 Å². The molecule has 0 aliphatic carbocycles. The molecule has 0 aliphatic rings. The average molecular weight is 299 g/mol. The standard InChI is InChI=1S/C11H11BrN2OS/c1-14-6-8(5-13-14)2-3-10(15)11-4-9(12)7-16-11/h4-7H,2-3H2,1H3. The number of aromatic nitrogens is 2. The summed E-state index contributed by atoms with van der Waals surface area (Å²) in [4.78, 5) is 12.6. The highest BCUT2D eigenvalue weighted by Crippen LogP contribution is 2.21. The van der Waals surface area contributed by atoms with Crippen molar-refractivity contribution in [2.45, 2.75) is 12.8 Å². The molecule has 0 aliphatic heterocycles. The van der Waals surface area contributed by atoms with Crippen LogP contribution in [0.1, 0.15) is 21.7 Å². The zero-order valence-electron chi connectivity index (χ0n) is 8.81. The minimum atomic E-state index is 0.194. The van der Waals surface area contributed by atoms with Gasteiger partial charge in [-0.05, 0) is 34.0 Å². The highest BCUT2D eigenvalue weighted by atomic mass is 79.9. The number of rotatable bonds is 4. The summed E-state index contributed by atoms with van der Waals surface area (Å²) in [6.07, 6.45) is 5.04. The number of aryl methyl sites for hydroxylation is 2. The quantitative estimate of drug-likeness (QED) is 0.813. The molecule has 0 bridgehead atoms. The van der Waals surface area contributed by atoms with E-state index < -0.39 is 0 Å². The molecule has 0 fully saturated rings. The third kappa shape index (κ3) is 2.80. The maximum absolute atomic E-state index is 11.8. The van der Waals surface area contributed by atoms with Crippen LogP contribution < -0.4 is 0 Å². The first kappa shape index (κ1) is 11.5. The van der Waals surface area contributed by atoms with E-state index in [2.05, 4.69) is 21.0 Å². The van der Waals surface area contributed by atoms with E-state index in [0.29, 0.717) is 6.42 Å². The van der Waals surface area contributed by atoms with Crippen LogP contribution in [0.3, 0.4) is 0 Å². The fourth-order valence-corrected chi connectivity index (χ4v) is 2.84. The summed E-state index contributed by atoms with van der Waals surface area (Å²) >= 11 is 4.83. The Labute approximate surface area is 106 Å². The Morgan fingerprint density at radius 2 is 2.44 bits per heavy atom. The zero-order chi connectivity index (χ0) is 11.5. The van der Waals surface area contributed by atoms with Crippen molar-refractivity contribution in [3.8, 4) is 0 Å². The van der Waals surface area contributed by atoms with Crippen LogP contribution in [0.15, 0.2) is 28.3 Å². The van der Waals surface area contributed by atoms with E-state index >= 15 is 0 Å². The van der Waals surface area contributed by atoms with Crippen molar-refractivity contribution in [1.82, 2.24) is 9.78 Å². The predicted octanol–water partition coefficient (Wildman–Crippen LogP) is 3.06. The van der Waals surface area contributed by atoms with Gasteiger partial charge in [-0.25, -0.2) is 0 Å². The van der Waals surface area contributed by atoms with Gasteiger partial charge in [0, 0.05) is 29.5 Å². The Morgan fingerprint density at radius 3 is 3.00 bits per heavy atom. The molecule has 0 unspecified atom stereocenters. The van der Waals surface area contributed by atoms with Crippen LogP contribution >= 0.6 is 27.3 Å². The molecule has 2 heterocycles. The molecule has 3 nitrogen and oxygen atoms in total. The highest BCUT2D eigenvalue weighted by Gasteiger charge is 2.09. The summed E-state index contributed by atoms with van der Waals surface area (Å²) in [5, 5.41) is 6.00. The molecule has 0 atom stereocenters. The van der Waals surface area contributed by atoms with Crippen molar-refractivity contribution in [2.75, 3.05) is 0 Å². The van der Waals surface area contributed by atoms with Gasteiger partial charge in [0.2, 0.25) is 0 Å². The summed E-state index contributed by atoms with van der Waals surface area (Å²) in [5.74, 6) is 0.194. The van der Waals surface area contributed by atoms with Crippen LogP contribution in [0.2, 0.25) is 0 Å². The lowest BCUT2D eigenvalue weighted by molar-refractivity contribution is 0.0986. The molecule has 0 saturated heterocycles. The van der Waals surface area contributed by atoms with Gasteiger partial charge in [0.05, 0.1) is 11.1 Å². The van der Waals surface area contributed by atoms with Crippen molar-refractivity contribution < 1.29 is 4.79 Å². The first-order chi connectivity index (χ1) is 7.65. The largest absolute Gasteiger partial charge is 0.293 e. The van der Waals surface area contributed by atoms with Gasteiger partial charge in [-0.2, -0.15) is 5.10 Å². The van der Waals surface area contributed by atoms with E-state index in [1.165, 1.54) is 11.3 Å². The van der Waals surface area contributed by atoms with E-state index in [9.17, 15) is 4.79 Å². The number of thiophene rings is 1. The Balaban J connectivity index is 1.93. The Kier molecular flexibility index (Phi) is 3.56. The van der Waals surface area contributed by atoms with E-state index in [1.807, 2.05) is 24.7 Å². The fourth-order valence-electron chi connectivity index (χ4n) is 1.44. The Hall–Kier alpha value is -0.940. The number of nitrogens with zero attached hydrogens (tertiary/aromatic N) is 2. The monoisotopic (exact) mass is 298 g/mol. The van der Waals surface area contributed by atoms with Crippen molar-refractivity contribution in [1.29, 1.82) is 0 Å². The van der Waals surface area contributed by atoms with Crippen LogP contribution in [0.5, 0.6) is 0 Å². The second-order valence-electron chi connectivity index (χ2n) is 3.57. The van der Waals surface area contributed by atoms with E-state index in [-0.39, 0.29) is 5.78 Å². The molecule has 0 amide bonds. The van der Waals surface area contributed by atoms with Gasteiger partial charge < -0.3 is 0 Å².